The molecule has 0 saturated heterocycles. The molecule has 3 nitrogen and oxygen atoms in total. The fourth-order valence-electron chi connectivity index (χ4n) is 1.79. The Morgan fingerprint density at radius 1 is 1.19 bits per heavy atom. The summed E-state index contributed by atoms with van der Waals surface area (Å²) in [7, 11) is 0. The van der Waals surface area contributed by atoms with Gasteiger partial charge in [-0.1, -0.05) is 18.5 Å². The lowest BCUT2D eigenvalue weighted by atomic mass is 10.0. The van der Waals surface area contributed by atoms with Crippen LogP contribution in [-0.4, -0.2) is 18.2 Å². The van der Waals surface area contributed by atoms with Crippen molar-refractivity contribution in [1.82, 2.24) is 5.32 Å². The number of hydrogen-bond donors (Lipinski definition) is 1. The SMILES string of the molecule is CCOc1cc(CNC(C)(C)CC)c(Cl)cc1OC(C)C. The van der Waals surface area contributed by atoms with Gasteiger partial charge >= 0.3 is 0 Å². The summed E-state index contributed by atoms with van der Waals surface area (Å²) in [5.41, 5.74) is 1.11. The van der Waals surface area contributed by atoms with Crippen LogP contribution in [0.5, 0.6) is 11.5 Å². The van der Waals surface area contributed by atoms with Crippen LogP contribution >= 0.6 is 11.6 Å². The van der Waals surface area contributed by atoms with Gasteiger partial charge in [-0.25, -0.2) is 0 Å². The topological polar surface area (TPSA) is 30.5 Å². The molecule has 0 aliphatic heterocycles. The van der Waals surface area contributed by atoms with Crippen molar-refractivity contribution in [1.29, 1.82) is 0 Å². The quantitative estimate of drug-likeness (QED) is 0.747. The molecule has 4 heteroatoms. The van der Waals surface area contributed by atoms with E-state index in [1.807, 2.05) is 32.9 Å². The lowest BCUT2D eigenvalue weighted by Gasteiger charge is -2.25. The second-order valence-corrected chi connectivity index (χ2v) is 6.49. The van der Waals surface area contributed by atoms with Crippen molar-refractivity contribution in [3.8, 4) is 11.5 Å². The molecule has 1 rings (SSSR count). The lowest BCUT2D eigenvalue weighted by Crippen LogP contribution is -2.37. The molecule has 0 atom stereocenters. The molecule has 120 valence electrons. The van der Waals surface area contributed by atoms with Crippen LogP contribution in [-0.2, 0) is 6.54 Å². The van der Waals surface area contributed by atoms with E-state index < -0.39 is 0 Å². The Morgan fingerprint density at radius 2 is 1.86 bits per heavy atom. The monoisotopic (exact) mass is 313 g/mol. The predicted molar refractivity (Wildman–Crippen MR) is 89.6 cm³/mol. The van der Waals surface area contributed by atoms with Crippen molar-refractivity contribution in [2.45, 2.75) is 66.2 Å². The third kappa shape index (κ3) is 5.76. The van der Waals surface area contributed by atoms with Crippen LogP contribution < -0.4 is 14.8 Å². The number of nitrogens with one attached hydrogen (secondary N) is 1. The van der Waals surface area contributed by atoms with Gasteiger partial charge in [0.1, 0.15) is 0 Å². The van der Waals surface area contributed by atoms with E-state index >= 15 is 0 Å². The highest BCUT2D eigenvalue weighted by Gasteiger charge is 2.17. The largest absolute Gasteiger partial charge is 0.490 e. The Bertz CT molecular complexity index is 458. The maximum Gasteiger partial charge on any atom is 0.163 e. The van der Waals surface area contributed by atoms with E-state index in [2.05, 4.69) is 26.1 Å². The molecule has 21 heavy (non-hydrogen) atoms. The summed E-state index contributed by atoms with van der Waals surface area (Å²) in [4.78, 5) is 0. The Labute approximate surface area is 134 Å². The number of hydrogen-bond acceptors (Lipinski definition) is 3. The second-order valence-electron chi connectivity index (χ2n) is 6.08. The van der Waals surface area contributed by atoms with E-state index in [1.165, 1.54) is 0 Å². The fraction of sp³-hybridized carbons (Fsp3) is 0.647. The van der Waals surface area contributed by atoms with E-state index in [9.17, 15) is 0 Å². The molecule has 0 unspecified atom stereocenters. The molecule has 0 aliphatic carbocycles. The molecule has 0 saturated carbocycles. The number of benzene rings is 1. The van der Waals surface area contributed by atoms with E-state index in [0.29, 0.717) is 23.9 Å². The summed E-state index contributed by atoms with van der Waals surface area (Å²) in [5.74, 6) is 1.46. The van der Waals surface area contributed by atoms with E-state index in [4.69, 9.17) is 21.1 Å². The summed E-state index contributed by atoms with van der Waals surface area (Å²) in [5, 5.41) is 4.22. The number of rotatable bonds is 8. The molecule has 0 aliphatic rings. The molecule has 0 amide bonds. The van der Waals surface area contributed by atoms with Crippen molar-refractivity contribution < 1.29 is 9.47 Å². The van der Waals surface area contributed by atoms with Crippen LogP contribution in [0.2, 0.25) is 5.02 Å². The van der Waals surface area contributed by atoms with E-state index in [0.717, 1.165) is 17.7 Å². The fourth-order valence-corrected chi connectivity index (χ4v) is 2.01. The molecular weight excluding hydrogens is 286 g/mol. The molecule has 0 fully saturated rings. The van der Waals surface area contributed by atoms with Gasteiger partial charge in [0.15, 0.2) is 11.5 Å². The van der Waals surface area contributed by atoms with Crippen LogP contribution in [0, 0.1) is 0 Å². The van der Waals surface area contributed by atoms with Crippen molar-refractivity contribution in [2.24, 2.45) is 0 Å². The first-order valence-electron chi connectivity index (χ1n) is 7.66. The average Bonchev–Trinajstić information content (AvgIpc) is 2.40. The number of ether oxygens (including phenoxy) is 2. The Balaban J connectivity index is 2.97. The molecule has 1 aromatic rings. The zero-order valence-corrected chi connectivity index (χ0v) is 14.8. The highest BCUT2D eigenvalue weighted by Crippen LogP contribution is 2.34. The zero-order valence-electron chi connectivity index (χ0n) is 14.0. The predicted octanol–water partition coefficient (Wildman–Crippen LogP) is 4.80. The zero-order chi connectivity index (χ0) is 16.0. The van der Waals surface area contributed by atoms with Crippen LogP contribution in [0.4, 0.5) is 0 Å². The third-order valence-corrected chi connectivity index (χ3v) is 3.77. The average molecular weight is 314 g/mol. The normalized spacial score (nSPS) is 11.8. The molecule has 0 heterocycles. The first-order valence-corrected chi connectivity index (χ1v) is 8.03. The molecule has 0 spiro atoms. The standard InChI is InChI=1S/C17H28ClNO2/c1-7-17(5,6)19-11-13-9-15(20-8-2)16(10-14(13)18)21-12(3)4/h9-10,12,19H,7-8,11H2,1-6H3. The minimum atomic E-state index is 0.0855. The van der Waals surface area contributed by atoms with Crippen LogP contribution in [0.3, 0.4) is 0 Å². The van der Waals surface area contributed by atoms with Crippen molar-refractivity contribution in [3.63, 3.8) is 0 Å². The molecule has 0 aromatic heterocycles. The van der Waals surface area contributed by atoms with Crippen LogP contribution in [0.15, 0.2) is 12.1 Å². The van der Waals surface area contributed by atoms with Crippen molar-refractivity contribution in [3.05, 3.63) is 22.7 Å². The summed E-state index contributed by atoms with van der Waals surface area (Å²) in [6.07, 6.45) is 1.14. The summed E-state index contributed by atoms with van der Waals surface area (Å²) in [6.45, 7) is 13.8. The second kappa shape index (κ2) is 7.90. The van der Waals surface area contributed by atoms with Gasteiger partial charge in [-0.05, 0) is 52.7 Å². The van der Waals surface area contributed by atoms with Gasteiger partial charge in [0.2, 0.25) is 0 Å². The first kappa shape index (κ1) is 18.1. The third-order valence-electron chi connectivity index (χ3n) is 3.42. The Hall–Kier alpha value is -0.930. The first-order chi connectivity index (χ1) is 9.79. The van der Waals surface area contributed by atoms with Gasteiger partial charge in [-0.15, -0.1) is 0 Å². The maximum absolute atomic E-state index is 6.38. The molecule has 0 radical (unpaired) electrons. The Morgan fingerprint density at radius 3 is 2.38 bits per heavy atom. The maximum atomic E-state index is 6.38. The van der Waals surface area contributed by atoms with Gasteiger partial charge in [-0.2, -0.15) is 0 Å². The highest BCUT2D eigenvalue weighted by atomic mass is 35.5. The minimum absolute atomic E-state index is 0.0855. The smallest absolute Gasteiger partial charge is 0.163 e. The van der Waals surface area contributed by atoms with Gasteiger partial charge in [-0.3, -0.25) is 0 Å². The summed E-state index contributed by atoms with van der Waals surface area (Å²) in [6, 6.07) is 3.82. The van der Waals surface area contributed by atoms with Gasteiger partial charge in [0.05, 0.1) is 12.7 Å². The highest BCUT2D eigenvalue weighted by molar-refractivity contribution is 6.31. The molecule has 1 aromatic carbocycles. The van der Waals surface area contributed by atoms with Gasteiger partial charge in [0, 0.05) is 23.2 Å². The van der Waals surface area contributed by atoms with Gasteiger partial charge in [0.25, 0.3) is 0 Å². The molecule has 1 N–H and O–H groups in total. The van der Waals surface area contributed by atoms with Crippen LogP contribution in [0.25, 0.3) is 0 Å². The van der Waals surface area contributed by atoms with E-state index in [-0.39, 0.29) is 11.6 Å². The number of halogens is 1. The lowest BCUT2D eigenvalue weighted by molar-refractivity contribution is 0.223. The molecular formula is C17H28ClNO2. The van der Waals surface area contributed by atoms with Crippen molar-refractivity contribution in [2.75, 3.05) is 6.61 Å². The minimum Gasteiger partial charge on any atom is -0.490 e. The van der Waals surface area contributed by atoms with Crippen LogP contribution in [0.1, 0.15) is 53.5 Å². The molecule has 0 bridgehead atoms. The Kier molecular flexibility index (Phi) is 6.82. The summed E-state index contributed by atoms with van der Waals surface area (Å²) >= 11 is 6.38. The van der Waals surface area contributed by atoms with Crippen molar-refractivity contribution >= 4 is 11.6 Å². The van der Waals surface area contributed by atoms with Gasteiger partial charge < -0.3 is 14.8 Å². The summed E-state index contributed by atoms with van der Waals surface area (Å²) < 4.78 is 11.5. The van der Waals surface area contributed by atoms with E-state index in [1.54, 1.807) is 0 Å².